The molecule has 2 aliphatic heterocycles. The molecule has 0 unspecified atom stereocenters. The molecule has 5 heteroatoms. The fraction of sp³-hybridized carbons (Fsp3) is 0.647. The number of nitrogens with zero attached hydrogens (tertiary/aromatic N) is 2. The summed E-state index contributed by atoms with van der Waals surface area (Å²) in [4.78, 5) is 5.56. The predicted molar refractivity (Wildman–Crippen MR) is 88.7 cm³/mol. The van der Waals surface area contributed by atoms with Gasteiger partial charge in [0.1, 0.15) is 0 Å². The van der Waals surface area contributed by atoms with E-state index in [0.717, 1.165) is 13.1 Å². The third-order valence-corrected chi connectivity index (χ3v) is 6.03. The van der Waals surface area contributed by atoms with Gasteiger partial charge in [0.15, 0.2) is 9.84 Å². The smallest absolute Gasteiger partial charge is 0.175 e. The van der Waals surface area contributed by atoms with Gasteiger partial charge in [-0.05, 0) is 63.0 Å². The molecule has 0 N–H and O–H groups in total. The molecule has 3 rings (SSSR count). The molecule has 1 aromatic rings. The first-order valence-corrected chi connectivity index (χ1v) is 10.2. The van der Waals surface area contributed by atoms with Crippen molar-refractivity contribution in [3.63, 3.8) is 0 Å². The average molecular weight is 322 g/mol. The van der Waals surface area contributed by atoms with Crippen LogP contribution in [0.2, 0.25) is 0 Å². The lowest BCUT2D eigenvalue weighted by molar-refractivity contribution is 0.185. The van der Waals surface area contributed by atoms with E-state index in [2.05, 4.69) is 9.80 Å². The minimum absolute atomic E-state index is 0.409. The Labute approximate surface area is 134 Å². The maximum absolute atomic E-state index is 11.5. The maximum Gasteiger partial charge on any atom is 0.175 e. The highest BCUT2D eigenvalue weighted by atomic mass is 32.2. The first kappa shape index (κ1) is 16.0. The van der Waals surface area contributed by atoms with E-state index in [4.69, 9.17) is 0 Å². The van der Waals surface area contributed by atoms with Crippen LogP contribution in [0.4, 0.5) is 0 Å². The summed E-state index contributed by atoms with van der Waals surface area (Å²) in [6, 6.07) is 8.04. The summed E-state index contributed by atoms with van der Waals surface area (Å²) in [6.07, 6.45) is 6.52. The Kier molecular flexibility index (Phi) is 4.85. The molecule has 0 aliphatic carbocycles. The summed E-state index contributed by atoms with van der Waals surface area (Å²) in [5.41, 5.74) is 1.21. The number of likely N-dealkylation sites (tertiary alicyclic amines) is 2. The zero-order chi connectivity index (χ0) is 15.6. The standard InChI is InChI=1S/C17H26N2O2S/c1-22(20,21)17-8-6-15(7-9-17)13-19-12-4-5-16(19)14-18-10-2-3-11-18/h6-9,16H,2-5,10-14H2,1H3/t16-/m0/s1. The van der Waals surface area contributed by atoms with Crippen LogP contribution >= 0.6 is 0 Å². The van der Waals surface area contributed by atoms with Crippen molar-refractivity contribution < 1.29 is 8.42 Å². The van der Waals surface area contributed by atoms with Crippen LogP contribution in [0.1, 0.15) is 31.2 Å². The Morgan fingerprint density at radius 3 is 2.36 bits per heavy atom. The molecule has 4 nitrogen and oxygen atoms in total. The van der Waals surface area contributed by atoms with Gasteiger partial charge in [-0.3, -0.25) is 4.90 Å². The molecule has 0 saturated carbocycles. The Hall–Kier alpha value is -0.910. The largest absolute Gasteiger partial charge is 0.302 e. The van der Waals surface area contributed by atoms with Crippen molar-refractivity contribution in [3.8, 4) is 0 Å². The maximum atomic E-state index is 11.5. The second-order valence-electron chi connectivity index (χ2n) is 6.69. The van der Waals surface area contributed by atoms with Gasteiger partial charge in [-0.1, -0.05) is 12.1 Å². The van der Waals surface area contributed by atoms with Crippen molar-refractivity contribution in [2.75, 3.05) is 32.4 Å². The van der Waals surface area contributed by atoms with Crippen molar-refractivity contribution in [2.24, 2.45) is 0 Å². The van der Waals surface area contributed by atoms with Gasteiger partial charge < -0.3 is 4.90 Å². The summed E-state index contributed by atoms with van der Waals surface area (Å²) < 4.78 is 23.0. The molecular weight excluding hydrogens is 296 g/mol. The summed E-state index contributed by atoms with van der Waals surface area (Å²) >= 11 is 0. The zero-order valence-electron chi connectivity index (χ0n) is 13.4. The fourth-order valence-corrected chi connectivity index (χ4v) is 4.28. The first-order valence-electron chi connectivity index (χ1n) is 8.28. The van der Waals surface area contributed by atoms with Gasteiger partial charge in [0, 0.05) is 25.4 Å². The van der Waals surface area contributed by atoms with Crippen molar-refractivity contribution in [3.05, 3.63) is 29.8 Å². The van der Waals surface area contributed by atoms with Crippen LogP contribution in [0, 0.1) is 0 Å². The molecule has 2 fully saturated rings. The highest BCUT2D eigenvalue weighted by Gasteiger charge is 2.27. The molecule has 22 heavy (non-hydrogen) atoms. The Balaban J connectivity index is 1.61. The summed E-state index contributed by atoms with van der Waals surface area (Å²) in [7, 11) is -3.09. The lowest BCUT2D eigenvalue weighted by atomic mass is 10.1. The van der Waals surface area contributed by atoms with E-state index >= 15 is 0 Å². The van der Waals surface area contributed by atoms with E-state index in [0.29, 0.717) is 10.9 Å². The van der Waals surface area contributed by atoms with Crippen molar-refractivity contribution in [2.45, 2.75) is 43.2 Å². The Morgan fingerprint density at radius 2 is 1.73 bits per heavy atom. The van der Waals surface area contributed by atoms with Crippen molar-refractivity contribution in [1.29, 1.82) is 0 Å². The van der Waals surface area contributed by atoms with Gasteiger partial charge in [0.05, 0.1) is 4.90 Å². The van der Waals surface area contributed by atoms with Gasteiger partial charge in [-0.25, -0.2) is 8.42 Å². The molecule has 0 radical (unpaired) electrons. The van der Waals surface area contributed by atoms with Crippen LogP contribution in [-0.2, 0) is 16.4 Å². The molecule has 0 aromatic heterocycles. The predicted octanol–water partition coefficient (Wildman–Crippen LogP) is 2.15. The summed E-state index contributed by atoms with van der Waals surface area (Å²) in [5.74, 6) is 0. The fourth-order valence-electron chi connectivity index (χ4n) is 3.65. The Morgan fingerprint density at radius 1 is 1.05 bits per heavy atom. The molecular formula is C17H26N2O2S. The lowest BCUT2D eigenvalue weighted by Gasteiger charge is -2.28. The summed E-state index contributed by atoms with van der Waals surface area (Å²) in [5, 5.41) is 0. The van der Waals surface area contributed by atoms with Crippen LogP contribution in [0.5, 0.6) is 0 Å². The molecule has 0 amide bonds. The molecule has 1 aromatic carbocycles. The lowest BCUT2D eigenvalue weighted by Crippen LogP contribution is -2.38. The van der Waals surface area contributed by atoms with E-state index in [1.54, 1.807) is 12.1 Å². The molecule has 0 spiro atoms. The van der Waals surface area contributed by atoms with Crippen LogP contribution in [0.25, 0.3) is 0 Å². The third kappa shape index (κ3) is 3.89. The second kappa shape index (κ2) is 6.69. The van der Waals surface area contributed by atoms with Gasteiger partial charge in [-0.15, -0.1) is 0 Å². The van der Waals surface area contributed by atoms with Gasteiger partial charge in [-0.2, -0.15) is 0 Å². The molecule has 0 bridgehead atoms. The number of sulfone groups is 1. The van der Waals surface area contributed by atoms with Gasteiger partial charge in [0.25, 0.3) is 0 Å². The van der Waals surface area contributed by atoms with Crippen LogP contribution < -0.4 is 0 Å². The van der Waals surface area contributed by atoms with E-state index < -0.39 is 9.84 Å². The topological polar surface area (TPSA) is 40.6 Å². The average Bonchev–Trinajstić information content (AvgIpc) is 3.12. The SMILES string of the molecule is CS(=O)(=O)c1ccc(CN2CCC[C@H]2CN2CCCC2)cc1. The number of rotatable bonds is 5. The normalized spacial score (nSPS) is 24.1. The minimum Gasteiger partial charge on any atom is -0.302 e. The molecule has 2 saturated heterocycles. The van der Waals surface area contributed by atoms with E-state index in [-0.39, 0.29) is 0 Å². The molecule has 2 heterocycles. The molecule has 122 valence electrons. The van der Waals surface area contributed by atoms with Gasteiger partial charge in [0.2, 0.25) is 0 Å². The monoisotopic (exact) mass is 322 g/mol. The molecule has 1 atom stereocenters. The first-order chi connectivity index (χ1) is 10.5. The van der Waals surface area contributed by atoms with Crippen LogP contribution in [0.15, 0.2) is 29.2 Å². The van der Waals surface area contributed by atoms with E-state index in [1.165, 1.54) is 57.1 Å². The van der Waals surface area contributed by atoms with E-state index in [9.17, 15) is 8.42 Å². The quantitative estimate of drug-likeness (QED) is 0.833. The third-order valence-electron chi connectivity index (χ3n) is 4.90. The van der Waals surface area contributed by atoms with Crippen LogP contribution in [0.3, 0.4) is 0 Å². The highest BCUT2D eigenvalue weighted by molar-refractivity contribution is 7.90. The second-order valence-corrected chi connectivity index (χ2v) is 8.71. The molecule has 2 aliphatic rings. The van der Waals surface area contributed by atoms with Gasteiger partial charge >= 0.3 is 0 Å². The van der Waals surface area contributed by atoms with Crippen molar-refractivity contribution in [1.82, 2.24) is 9.80 Å². The van der Waals surface area contributed by atoms with Crippen LogP contribution in [-0.4, -0.2) is 56.7 Å². The number of hydrogen-bond acceptors (Lipinski definition) is 4. The van der Waals surface area contributed by atoms with Crippen molar-refractivity contribution >= 4 is 9.84 Å². The highest BCUT2D eigenvalue weighted by Crippen LogP contribution is 2.23. The number of hydrogen-bond donors (Lipinski definition) is 0. The number of benzene rings is 1. The summed E-state index contributed by atoms with van der Waals surface area (Å²) in [6.45, 7) is 5.80. The minimum atomic E-state index is -3.09. The Bertz CT molecular complexity index is 592. The van der Waals surface area contributed by atoms with E-state index in [1.807, 2.05) is 12.1 Å². The zero-order valence-corrected chi connectivity index (χ0v) is 14.2.